The fourth-order valence-corrected chi connectivity index (χ4v) is 2.83. The third-order valence-electron chi connectivity index (χ3n) is 2.32. The van der Waals surface area contributed by atoms with Gasteiger partial charge in [-0.05, 0) is 52.6 Å². The van der Waals surface area contributed by atoms with Crippen molar-refractivity contribution in [2.45, 2.75) is 16.4 Å². The Morgan fingerprint density at radius 2 is 2.08 bits per heavy atom. The SMILES string of the molecule is OC1(I)CCc2c1ccc(Cl)c2Cl. The van der Waals surface area contributed by atoms with Gasteiger partial charge in [-0.1, -0.05) is 29.3 Å². The largest absolute Gasteiger partial charge is 0.375 e. The second-order valence-corrected chi connectivity index (χ2v) is 5.72. The number of hydrogen-bond donors (Lipinski definition) is 1. The lowest BCUT2D eigenvalue weighted by molar-refractivity contribution is 0.159. The highest BCUT2D eigenvalue weighted by atomic mass is 127. The van der Waals surface area contributed by atoms with Gasteiger partial charge in [0.25, 0.3) is 0 Å². The summed E-state index contributed by atoms with van der Waals surface area (Å²) in [5.41, 5.74) is 1.90. The standard InChI is InChI=1S/C9H7Cl2IO/c10-7-2-1-6-5(8(7)11)3-4-9(6,12)13/h1-2,13H,3-4H2. The summed E-state index contributed by atoms with van der Waals surface area (Å²) in [5.74, 6) is 0. The van der Waals surface area contributed by atoms with Crippen molar-refractivity contribution < 1.29 is 5.11 Å². The van der Waals surface area contributed by atoms with Gasteiger partial charge in [0.2, 0.25) is 0 Å². The van der Waals surface area contributed by atoms with Crippen molar-refractivity contribution in [1.29, 1.82) is 0 Å². The van der Waals surface area contributed by atoms with Gasteiger partial charge in [0.05, 0.1) is 10.0 Å². The average molecular weight is 329 g/mol. The van der Waals surface area contributed by atoms with Crippen LogP contribution in [0.25, 0.3) is 0 Å². The highest BCUT2D eigenvalue weighted by Crippen LogP contribution is 2.46. The van der Waals surface area contributed by atoms with Gasteiger partial charge in [-0.3, -0.25) is 0 Å². The van der Waals surface area contributed by atoms with Crippen LogP contribution in [0.5, 0.6) is 0 Å². The Kier molecular flexibility index (Phi) is 2.51. The molecule has 0 heterocycles. The average Bonchev–Trinajstić information content (AvgIpc) is 2.35. The molecular formula is C9H7Cl2IO. The monoisotopic (exact) mass is 328 g/mol. The van der Waals surface area contributed by atoms with Crippen molar-refractivity contribution in [1.82, 2.24) is 0 Å². The molecule has 1 unspecified atom stereocenters. The molecule has 13 heavy (non-hydrogen) atoms. The Balaban J connectivity index is 2.64. The number of benzene rings is 1. The Morgan fingerprint density at radius 1 is 1.38 bits per heavy atom. The smallest absolute Gasteiger partial charge is 0.141 e. The van der Waals surface area contributed by atoms with Crippen LogP contribution in [0.3, 0.4) is 0 Å². The first kappa shape index (κ1) is 10.0. The lowest BCUT2D eigenvalue weighted by Gasteiger charge is -2.15. The molecule has 2 rings (SSSR count). The summed E-state index contributed by atoms with van der Waals surface area (Å²) in [5, 5.41) is 11.1. The van der Waals surface area contributed by atoms with Gasteiger partial charge in [0, 0.05) is 0 Å². The zero-order valence-corrected chi connectivity index (χ0v) is 10.3. The Morgan fingerprint density at radius 3 is 2.77 bits per heavy atom. The number of halogens is 3. The molecule has 70 valence electrons. The van der Waals surface area contributed by atoms with Gasteiger partial charge in [0.15, 0.2) is 0 Å². The highest BCUT2D eigenvalue weighted by molar-refractivity contribution is 14.1. The van der Waals surface area contributed by atoms with Gasteiger partial charge in [-0.25, -0.2) is 0 Å². The molecule has 1 aliphatic rings. The molecule has 0 radical (unpaired) electrons. The summed E-state index contributed by atoms with van der Waals surface area (Å²) in [4.78, 5) is 0. The van der Waals surface area contributed by atoms with Crippen LogP contribution in [0, 0.1) is 0 Å². The third kappa shape index (κ3) is 1.58. The van der Waals surface area contributed by atoms with Gasteiger partial charge < -0.3 is 5.11 Å². The molecule has 1 atom stereocenters. The summed E-state index contributed by atoms with van der Waals surface area (Å²) in [7, 11) is 0. The number of alkyl halides is 1. The summed E-state index contributed by atoms with van der Waals surface area (Å²) >= 11 is 13.9. The maximum Gasteiger partial charge on any atom is 0.141 e. The van der Waals surface area contributed by atoms with Gasteiger partial charge in [-0.2, -0.15) is 0 Å². The van der Waals surface area contributed by atoms with E-state index in [1.807, 2.05) is 28.7 Å². The first-order chi connectivity index (χ1) is 6.02. The van der Waals surface area contributed by atoms with E-state index in [9.17, 15) is 5.11 Å². The Hall–Kier alpha value is 0.490. The molecule has 1 aliphatic carbocycles. The van der Waals surface area contributed by atoms with Crippen molar-refractivity contribution in [2.24, 2.45) is 0 Å². The van der Waals surface area contributed by atoms with Crippen molar-refractivity contribution in [2.75, 3.05) is 0 Å². The Bertz CT molecular complexity index is 363. The quantitative estimate of drug-likeness (QED) is 0.570. The van der Waals surface area contributed by atoms with E-state index in [-0.39, 0.29) is 0 Å². The van der Waals surface area contributed by atoms with E-state index in [2.05, 4.69) is 0 Å². The van der Waals surface area contributed by atoms with Crippen molar-refractivity contribution in [3.8, 4) is 0 Å². The summed E-state index contributed by atoms with van der Waals surface area (Å²) in [6, 6.07) is 3.58. The summed E-state index contributed by atoms with van der Waals surface area (Å²) in [6.07, 6.45) is 1.51. The van der Waals surface area contributed by atoms with E-state index in [1.165, 1.54) is 0 Å². The minimum absolute atomic E-state index is 0.564. The maximum atomic E-state index is 9.95. The summed E-state index contributed by atoms with van der Waals surface area (Å²) < 4.78 is -0.763. The zero-order valence-electron chi connectivity index (χ0n) is 6.65. The molecule has 0 saturated carbocycles. The topological polar surface area (TPSA) is 20.2 Å². The Labute approximate surface area is 100 Å². The molecule has 1 nitrogen and oxygen atoms in total. The number of aliphatic hydroxyl groups is 1. The van der Waals surface area contributed by atoms with E-state index in [0.717, 1.165) is 17.5 Å². The predicted octanol–water partition coefficient (Wildman–Crippen LogP) is 3.52. The first-order valence-electron chi connectivity index (χ1n) is 3.91. The second-order valence-electron chi connectivity index (χ2n) is 3.15. The van der Waals surface area contributed by atoms with Crippen molar-refractivity contribution in [3.63, 3.8) is 0 Å². The van der Waals surface area contributed by atoms with E-state index >= 15 is 0 Å². The number of rotatable bonds is 0. The third-order valence-corrected chi connectivity index (χ3v) is 4.28. The summed E-state index contributed by atoms with van der Waals surface area (Å²) in [6.45, 7) is 0. The van der Waals surface area contributed by atoms with Gasteiger partial charge in [-0.15, -0.1) is 0 Å². The fraction of sp³-hybridized carbons (Fsp3) is 0.333. The minimum Gasteiger partial charge on any atom is -0.375 e. The first-order valence-corrected chi connectivity index (χ1v) is 5.74. The molecule has 1 N–H and O–H groups in total. The van der Waals surface area contributed by atoms with Crippen LogP contribution in [-0.4, -0.2) is 5.11 Å². The van der Waals surface area contributed by atoms with Gasteiger partial charge >= 0.3 is 0 Å². The molecule has 0 aliphatic heterocycles. The molecule has 0 fully saturated rings. The van der Waals surface area contributed by atoms with Crippen LogP contribution in [-0.2, 0) is 10.0 Å². The number of fused-ring (bicyclic) bond motifs is 1. The van der Waals surface area contributed by atoms with Crippen LogP contribution in [0.1, 0.15) is 17.5 Å². The maximum absolute atomic E-state index is 9.95. The highest BCUT2D eigenvalue weighted by Gasteiger charge is 2.35. The second kappa shape index (κ2) is 3.26. The van der Waals surface area contributed by atoms with E-state index in [4.69, 9.17) is 23.2 Å². The zero-order chi connectivity index (χ0) is 9.64. The van der Waals surface area contributed by atoms with Crippen LogP contribution in [0.15, 0.2) is 12.1 Å². The molecular weight excluding hydrogens is 322 g/mol. The minimum atomic E-state index is -0.763. The molecule has 0 aromatic heterocycles. The number of hydrogen-bond acceptors (Lipinski definition) is 1. The van der Waals surface area contributed by atoms with E-state index < -0.39 is 3.61 Å². The van der Waals surface area contributed by atoms with Crippen molar-refractivity contribution >= 4 is 45.8 Å². The lowest BCUT2D eigenvalue weighted by atomic mass is 10.1. The van der Waals surface area contributed by atoms with E-state index in [1.54, 1.807) is 6.07 Å². The van der Waals surface area contributed by atoms with Gasteiger partial charge in [0.1, 0.15) is 3.61 Å². The molecule has 1 aromatic rings. The fourth-order valence-electron chi connectivity index (χ4n) is 1.62. The molecule has 1 aromatic carbocycles. The molecule has 0 bridgehead atoms. The molecule has 0 saturated heterocycles. The van der Waals surface area contributed by atoms with E-state index in [0.29, 0.717) is 16.5 Å². The van der Waals surface area contributed by atoms with Crippen LogP contribution >= 0.6 is 45.8 Å². The van der Waals surface area contributed by atoms with Crippen LogP contribution < -0.4 is 0 Å². The molecule has 4 heteroatoms. The molecule has 0 amide bonds. The predicted molar refractivity (Wildman–Crippen MR) is 62.7 cm³/mol. The normalized spacial score (nSPS) is 26.2. The van der Waals surface area contributed by atoms with Crippen LogP contribution in [0.2, 0.25) is 10.0 Å². The van der Waals surface area contributed by atoms with Crippen LogP contribution in [0.4, 0.5) is 0 Å². The lowest BCUT2D eigenvalue weighted by Crippen LogP contribution is -2.11. The molecule has 0 spiro atoms. The van der Waals surface area contributed by atoms with Crippen molar-refractivity contribution in [3.05, 3.63) is 33.3 Å².